The fraction of sp³-hybridized carbons (Fsp3) is 0.222. The van der Waals surface area contributed by atoms with Crippen LogP contribution < -0.4 is 4.74 Å². The van der Waals surface area contributed by atoms with Gasteiger partial charge in [-0.2, -0.15) is 0 Å². The van der Waals surface area contributed by atoms with Crippen molar-refractivity contribution in [1.29, 1.82) is 0 Å². The summed E-state index contributed by atoms with van der Waals surface area (Å²) in [6.45, 7) is 1.50. The van der Waals surface area contributed by atoms with Crippen LogP contribution in [0.2, 0.25) is 0 Å². The van der Waals surface area contributed by atoms with Gasteiger partial charge in [0.25, 0.3) is 0 Å². The molecule has 70 valence electrons. The molecule has 1 aromatic rings. The highest BCUT2D eigenvalue weighted by Crippen LogP contribution is 2.14. The van der Waals surface area contributed by atoms with Crippen LogP contribution in [0.25, 0.3) is 0 Å². The second-order valence-corrected chi connectivity index (χ2v) is 3.80. The molecule has 1 rings (SSSR count). The average Bonchev–Trinajstić information content (AvgIpc) is 2.08. The molecule has 0 unspecified atom stereocenters. The van der Waals surface area contributed by atoms with Gasteiger partial charge in [0, 0.05) is 3.57 Å². The molecule has 0 aliphatic carbocycles. The number of carbonyl (C=O) groups is 1. The quantitative estimate of drug-likeness (QED) is 0.868. The van der Waals surface area contributed by atoms with Gasteiger partial charge in [-0.05, 0) is 53.8 Å². The van der Waals surface area contributed by atoms with Crippen LogP contribution in [0.3, 0.4) is 0 Å². The van der Waals surface area contributed by atoms with Crippen LogP contribution in [0, 0.1) is 3.57 Å². The minimum absolute atomic E-state index is 0.579. The molecular weight excluding hydrogens is 283 g/mol. The Morgan fingerprint density at radius 3 is 2.46 bits per heavy atom. The summed E-state index contributed by atoms with van der Waals surface area (Å²) < 4.78 is 6.22. The lowest BCUT2D eigenvalue weighted by atomic mass is 10.3. The maximum absolute atomic E-state index is 10.4. The van der Waals surface area contributed by atoms with Crippen molar-refractivity contribution in [2.24, 2.45) is 0 Å². The Bertz CT molecular complexity index is 294. The summed E-state index contributed by atoms with van der Waals surface area (Å²) in [6.07, 6.45) is -0.805. The minimum atomic E-state index is -0.960. The lowest BCUT2D eigenvalue weighted by Gasteiger charge is -2.09. The van der Waals surface area contributed by atoms with Gasteiger partial charge in [-0.25, -0.2) is 4.79 Å². The Morgan fingerprint density at radius 2 is 2.00 bits per heavy atom. The van der Waals surface area contributed by atoms with Crippen molar-refractivity contribution in [3.05, 3.63) is 27.8 Å². The molecular formula is C9H9IO3. The highest BCUT2D eigenvalue weighted by molar-refractivity contribution is 14.1. The predicted molar refractivity (Wildman–Crippen MR) is 56.9 cm³/mol. The molecule has 0 bridgehead atoms. The summed E-state index contributed by atoms with van der Waals surface area (Å²) in [7, 11) is 0. The summed E-state index contributed by atoms with van der Waals surface area (Å²) in [6, 6.07) is 7.23. The van der Waals surface area contributed by atoms with E-state index in [4.69, 9.17) is 9.84 Å². The number of hydrogen-bond donors (Lipinski definition) is 1. The molecule has 0 heterocycles. The molecule has 1 aromatic carbocycles. The van der Waals surface area contributed by atoms with E-state index in [0.29, 0.717) is 5.75 Å². The number of rotatable bonds is 3. The Labute approximate surface area is 89.9 Å². The lowest BCUT2D eigenvalue weighted by molar-refractivity contribution is -0.144. The zero-order valence-corrected chi connectivity index (χ0v) is 9.19. The first kappa shape index (κ1) is 10.3. The number of hydrogen-bond acceptors (Lipinski definition) is 2. The van der Waals surface area contributed by atoms with Crippen molar-refractivity contribution >= 4 is 28.6 Å². The first-order valence-electron chi connectivity index (χ1n) is 3.74. The van der Waals surface area contributed by atoms with Crippen molar-refractivity contribution in [1.82, 2.24) is 0 Å². The molecule has 0 amide bonds. The standard InChI is InChI=1S/C9H9IO3/c1-6(9(11)12)13-8-4-2-7(10)3-5-8/h2-6H,1H3,(H,11,12)/t6-/m0/s1. The monoisotopic (exact) mass is 292 g/mol. The highest BCUT2D eigenvalue weighted by atomic mass is 127. The van der Waals surface area contributed by atoms with E-state index in [9.17, 15) is 4.79 Å². The average molecular weight is 292 g/mol. The van der Waals surface area contributed by atoms with Gasteiger partial charge in [-0.3, -0.25) is 0 Å². The van der Waals surface area contributed by atoms with E-state index in [-0.39, 0.29) is 0 Å². The summed E-state index contributed by atoms with van der Waals surface area (Å²) in [5, 5.41) is 8.57. The van der Waals surface area contributed by atoms with Gasteiger partial charge < -0.3 is 9.84 Å². The first-order valence-corrected chi connectivity index (χ1v) is 4.82. The van der Waals surface area contributed by atoms with Crippen molar-refractivity contribution in [3.8, 4) is 5.75 Å². The Hall–Kier alpha value is -0.780. The normalized spacial score (nSPS) is 12.2. The largest absolute Gasteiger partial charge is 0.479 e. The van der Waals surface area contributed by atoms with Gasteiger partial charge in [0.05, 0.1) is 0 Å². The van der Waals surface area contributed by atoms with E-state index in [1.54, 1.807) is 12.1 Å². The predicted octanol–water partition coefficient (Wildman–Crippen LogP) is 2.14. The van der Waals surface area contributed by atoms with Crippen LogP contribution in [-0.4, -0.2) is 17.2 Å². The molecule has 1 atom stereocenters. The number of carboxylic acids is 1. The van der Waals surface area contributed by atoms with Crippen LogP contribution in [-0.2, 0) is 4.79 Å². The van der Waals surface area contributed by atoms with Crippen LogP contribution in [0.5, 0.6) is 5.75 Å². The topological polar surface area (TPSA) is 46.5 Å². The molecule has 0 radical (unpaired) electrons. The van der Waals surface area contributed by atoms with E-state index in [0.717, 1.165) is 3.57 Å². The van der Waals surface area contributed by atoms with Gasteiger partial charge in [0.1, 0.15) is 5.75 Å². The van der Waals surface area contributed by atoms with Gasteiger partial charge in [0.2, 0.25) is 0 Å². The third-order valence-electron chi connectivity index (χ3n) is 1.47. The van der Waals surface area contributed by atoms with Crippen LogP contribution in [0.4, 0.5) is 0 Å². The van der Waals surface area contributed by atoms with E-state index < -0.39 is 12.1 Å². The zero-order valence-electron chi connectivity index (χ0n) is 7.03. The second kappa shape index (κ2) is 4.45. The minimum Gasteiger partial charge on any atom is -0.479 e. The smallest absolute Gasteiger partial charge is 0.344 e. The summed E-state index contributed by atoms with van der Waals surface area (Å²) in [4.78, 5) is 10.4. The molecule has 4 heteroatoms. The van der Waals surface area contributed by atoms with E-state index in [1.807, 2.05) is 12.1 Å². The SMILES string of the molecule is C[C@H](Oc1ccc(I)cc1)C(=O)O. The fourth-order valence-electron chi connectivity index (χ4n) is 0.768. The number of aliphatic carboxylic acids is 1. The van der Waals surface area contributed by atoms with E-state index in [2.05, 4.69) is 22.6 Å². The second-order valence-electron chi connectivity index (χ2n) is 2.55. The molecule has 3 nitrogen and oxygen atoms in total. The molecule has 13 heavy (non-hydrogen) atoms. The Balaban J connectivity index is 2.64. The number of halogens is 1. The van der Waals surface area contributed by atoms with Crippen LogP contribution >= 0.6 is 22.6 Å². The van der Waals surface area contributed by atoms with Crippen molar-refractivity contribution < 1.29 is 14.6 Å². The highest BCUT2D eigenvalue weighted by Gasteiger charge is 2.11. The Morgan fingerprint density at radius 1 is 1.46 bits per heavy atom. The maximum atomic E-state index is 10.4. The number of carboxylic acid groups (broad SMARTS) is 1. The first-order chi connectivity index (χ1) is 6.09. The van der Waals surface area contributed by atoms with E-state index in [1.165, 1.54) is 6.92 Å². The Kier molecular flexibility index (Phi) is 3.53. The van der Waals surface area contributed by atoms with Crippen molar-refractivity contribution in [2.75, 3.05) is 0 Å². The molecule has 0 saturated carbocycles. The van der Waals surface area contributed by atoms with Crippen LogP contribution in [0.15, 0.2) is 24.3 Å². The van der Waals surface area contributed by atoms with Gasteiger partial charge in [-0.1, -0.05) is 0 Å². The molecule has 0 aliphatic heterocycles. The summed E-state index contributed by atoms with van der Waals surface area (Å²) in [5.41, 5.74) is 0. The van der Waals surface area contributed by atoms with Gasteiger partial charge >= 0.3 is 5.97 Å². The summed E-state index contributed by atoms with van der Waals surface area (Å²) >= 11 is 2.17. The molecule has 0 fully saturated rings. The number of benzene rings is 1. The molecule has 1 N–H and O–H groups in total. The van der Waals surface area contributed by atoms with Crippen LogP contribution in [0.1, 0.15) is 6.92 Å². The van der Waals surface area contributed by atoms with Crippen molar-refractivity contribution in [3.63, 3.8) is 0 Å². The lowest BCUT2D eigenvalue weighted by Crippen LogP contribution is -2.22. The third kappa shape index (κ3) is 3.22. The number of ether oxygens (including phenoxy) is 1. The van der Waals surface area contributed by atoms with Gasteiger partial charge in [-0.15, -0.1) is 0 Å². The molecule has 0 spiro atoms. The molecule has 0 aliphatic rings. The van der Waals surface area contributed by atoms with Gasteiger partial charge in [0.15, 0.2) is 6.10 Å². The van der Waals surface area contributed by atoms with E-state index >= 15 is 0 Å². The fourth-order valence-corrected chi connectivity index (χ4v) is 1.13. The molecule has 0 aromatic heterocycles. The van der Waals surface area contributed by atoms with Crippen molar-refractivity contribution in [2.45, 2.75) is 13.0 Å². The molecule has 0 saturated heterocycles. The maximum Gasteiger partial charge on any atom is 0.344 e. The third-order valence-corrected chi connectivity index (χ3v) is 2.19. The zero-order chi connectivity index (χ0) is 9.84. The summed E-state index contributed by atoms with van der Waals surface area (Å²) in [5.74, 6) is -0.381.